The molecule has 0 aliphatic carbocycles. The third kappa shape index (κ3) is 6.53. The van der Waals surface area contributed by atoms with Gasteiger partial charge in [0.05, 0.1) is 50.0 Å². The molecular formula is C32H36ClN3O8S. The molecule has 0 bridgehead atoms. The molecule has 3 saturated heterocycles. The van der Waals surface area contributed by atoms with Gasteiger partial charge in [0.2, 0.25) is 15.9 Å². The molecule has 3 aliphatic rings. The molecule has 6 rings (SSSR count). The van der Waals surface area contributed by atoms with Crippen LogP contribution < -0.4 is 0 Å². The molecule has 0 aromatic heterocycles. The number of methoxy groups -OCH3 is 1. The molecular weight excluding hydrogens is 622 g/mol. The van der Waals surface area contributed by atoms with Gasteiger partial charge in [0.15, 0.2) is 5.72 Å². The van der Waals surface area contributed by atoms with Crippen molar-refractivity contribution in [2.75, 3.05) is 59.7 Å². The lowest BCUT2D eigenvalue weighted by atomic mass is 9.91. The number of likely N-dealkylation sites (tertiary alicyclic amines) is 1. The van der Waals surface area contributed by atoms with Gasteiger partial charge in [0.1, 0.15) is 6.61 Å². The fourth-order valence-corrected chi connectivity index (χ4v) is 7.94. The summed E-state index contributed by atoms with van der Waals surface area (Å²) in [5, 5.41) is 2.08. The molecule has 1 spiro atoms. The normalized spacial score (nSPS) is 21.8. The summed E-state index contributed by atoms with van der Waals surface area (Å²) >= 11 is 6.11. The van der Waals surface area contributed by atoms with Gasteiger partial charge < -0.3 is 28.7 Å². The molecule has 1 unspecified atom stereocenters. The first-order valence-electron chi connectivity index (χ1n) is 14.9. The third-order valence-electron chi connectivity index (χ3n) is 8.69. The maximum atomic E-state index is 14.0. The number of hydrogen-bond donors (Lipinski definition) is 0. The van der Waals surface area contributed by atoms with Gasteiger partial charge in [-0.25, -0.2) is 13.2 Å². The number of carbonyl (C=O) groups excluding carboxylic acids is 2. The highest BCUT2D eigenvalue weighted by Gasteiger charge is 2.61. The van der Waals surface area contributed by atoms with Crippen LogP contribution in [0.4, 0.5) is 4.79 Å². The Hall–Kier alpha value is -3.26. The maximum absolute atomic E-state index is 14.0. The zero-order valence-corrected chi connectivity index (χ0v) is 26.6. The van der Waals surface area contributed by atoms with Gasteiger partial charge in [-0.15, -0.1) is 0 Å². The van der Waals surface area contributed by atoms with Crippen molar-refractivity contribution in [3.05, 3.63) is 77.3 Å². The molecule has 45 heavy (non-hydrogen) atoms. The molecule has 240 valence electrons. The minimum atomic E-state index is -4.08. The number of piperazine rings is 1. The fraction of sp³-hybridized carbons (Fsp3) is 0.438. The molecule has 2 amide bonds. The topological polar surface area (TPSA) is 115 Å². The Morgan fingerprint density at radius 2 is 1.71 bits per heavy atom. The van der Waals surface area contributed by atoms with E-state index in [1.165, 1.54) is 10.4 Å². The largest absolute Gasteiger partial charge is 0.445 e. The second kappa shape index (κ2) is 12.9. The highest BCUT2D eigenvalue weighted by atomic mass is 35.5. The van der Waals surface area contributed by atoms with Crippen molar-refractivity contribution in [1.29, 1.82) is 0 Å². The minimum Gasteiger partial charge on any atom is -0.445 e. The van der Waals surface area contributed by atoms with Crippen LogP contribution in [0.25, 0.3) is 10.8 Å². The van der Waals surface area contributed by atoms with Crippen molar-refractivity contribution in [1.82, 2.24) is 14.1 Å². The van der Waals surface area contributed by atoms with Crippen molar-refractivity contribution in [3.63, 3.8) is 0 Å². The number of halogens is 1. The number of hydrogen-bond acceptors (Lipinski definition) is 8. The van der Waals surface area contributed by atoms with E-state index in [9.17, 15) is 18.0 Å². The number of fused-ring (bicyclic) bond motifs is 2. The van der Waals surface area contributed by atoms with Gasteiger partial charge in [0, 0.05) is 25.2 Å². The van der Waals surface area contributed by atoms with E-state index >= 15 is 0 Å². The number of ether oxygens (including phenoxy) is 4. The molecule has 0 saturated carbocycles. The second-order valence-corrected chi connectivity index (χ2v) is 14.1. The van der Waals surface area contributed by atoms with Crippen LogP contribution >= 0.6 is 11.6 Å². The number of piperidine rings is 1. The van der Waals surface area contributed by atoms with Crippen molar-refractivity contribution < 1.29 is 37.0 Å². The second-order valence-electron chi connectivity index (χ2n) is 11.7. The van der Waals surface area contributed by atoms with E-state index in [4.69, 9.17) is 30.5 Å². The maximum Gasteiger partial charge on any atom is 0.410 e. The van der Waals surface area contributed by atoms with E-state index in [1.807, 2.05) is 30.3 Å². The molecule has 3 aliphatic heterocycles. The minimum absolute atomic E-state index is 0.0328. The van der Waals surface area contributed by atoms with Crippen molar-refractivity contribution in [3.8, 4) is 0 Å². The van der Waals surface area contributed by atoms with Gasteiger partial charge >= 0.3 is 6.09 Å². The molecule has 3 fully saturated rings. The first-order chi connectivity index (χ1) is 21.6. The highest BCUT2D eigenvalue weighted by Crippen LogP contribution is 2.44. The van der Waals surface area contributed by atoms with Crippen LogP contribution in [-0.4, -0.2) is 106 Å². The Kier molecular flexibility index (Phi) is 9.06. The van der Waals surface area contributed by atoms with Crippen LogP contribution in [0.2, 0.25) is 5.02 Å². The third-order valence-corrected chi connectivity index (χ3v) is 10.7. The summed E-state index contributed by atoms with van der Waals surface area (Å²) in [6, 6.07) is 19.5. The lowest BCUT2D eigenvalue weighted by Gasteiger charge is -2.44. The summed E-state index contributed by atoms with van der Waals surface area (Å²) in [5.74, 6) is -0.366. The molecule has 3 aromatic carbocycles. The molecule has 13 heteroatoms. The summed E-state index contributed by atoms with van der Waals surface area (Å²) in [7, 11) is -2.52. The van der Waals surface area contributed by atoms with Crippen molar-refractivity contribution in [2.45, 2.75) is 35.7 Å². The predicted molar refractivity (Wildman–Crippen MR) is 166 cm³/mol. The average Bonchev–Trinajstić information content (AvgIpc) is 3.36. The van der Waals surface area contributed by atoms with Crippen LogP contribution in [0.3, 0.4) is 0 Å². The highest BCUT2D eigenvalue weighted by molar-refractivity contribution is 7.89. The number of nitrogens with zero attached hydrogens (tertiary/aromatic N) is 3. The zero-order chi connectivity index (χ0) is 31.7. The van der Waals surface area contributed by atoms with Gasteiger partial charge in [0.25, 0.3) is 0 Å². The van der Waals surface area contributed by atoms with Crippen LogP contribution in [0, 0.1) is 0 Å². The summed E-state index contributed by atoms with van der Waals surface area (Å²) in [6.07, 6.45) is 0.502. The lowest BCUT2D eigenvalue weighted by molar-refractivity contribution is -0.201. The smallest absolute Gasteiger partial charge is 0.410 e. The van der Waals surface area contributed by atoms with Crippen LogP contribution in [0.15, 0.2) is 71.6 Å². The number of benzene rings is 3. The SMILES string of the molecule is COCCOCC12CN(S(=O)(=O)c3ccc4cc(Cl)ccc4c3)CC(=O)N1CC1(CCN(C(=O)OCc3ccccc3)CC1)O2. The van der Waals surface area contributed by atoms with E-state index in [1.54, 1.807) is 47.2 Å². The van der Waals surface area contributed by atoms with E-state index in [2.05, 4.69) is 0 Å². The van der Waals surface area contributed by atoms with Gasteiger partial charge in [-0.2, -0.15) is 4.31 Å². The lowest BCUT2D eigenvalue weighted by Crippen LogP contribution is -2.65. The Balaban J connectivity index is 1.19. The Labute approximate surface area is 267 Å². The summed E-state index contributed by atoms with van der Waals surface area (Å²) < 4.78 is 52.4. The van der Waals surface area contributed by atoms with Gasteiger partial charge in [-0.3, -0.25) is 4.79 Å². The molecule has 11 nitrogen and oxygen atoms in total. The van der Waals surface area contributed by atoms with Crippen LogP contribution in [-0.2, 0) is 40.4 Å². The number of amides is 2. The van der Waals surface area contributed by atoms with Gasteiger partial charge in [-0.1, -0.05) is 54.1 Å². The van der Waals surface area contributed by atoms with Crippen molar-refractivity contribution >= 4 is 44.4 Å². The average molecular weight is 658 g/mol. The Bertz CT molecular complexity index is 1670. The molecule has 0 N–H and O–H groups in total. The molecule has 3 heterocycles. The predicted octanol–water partition coefficient (Wildman–Crippen LogP) is 3.89. The van der Waals surface area contributed by atoms with Crippen LogP contribution in [0.5, 0.6) is 0 Å². The summed E-state index contributed by atoms with van der Waals surface area (Å²) in [6.45, 7) is 1.33. The van der Waals surface area contributed by atoms with Crippen LogP contribution in [0.1, 0.15) is 18.4 Å². The number of carbonyl (C=O) groups is 2. The molecule has 0 radical (unpaired) electrons. The van der Waals surface area contributed by atoms with Crippen molar-refractivity contribution in [2.24, 2.45) is 0 Å². The Morgan fingerprint density at radius 3 is 2.47 bits per heavy atom. The number of rotatable bonds is 9. The fourth-order valence-electron chi connectivity index (χ4n) is 6.29. The first-order valence-corrected chi connectivity index (χ1v) is 16.7. The van der Waals surface area contributed by atoms with E-state index in [-0.39, 0.29) is 50.3 Å². The zero-order valence-electron chi connectivity index (χ0n) is 25.0. The Morgan fingerprint density at radius 1 is 0.978 bits per heavy atom. The summed E-state index contributed by atoms with van der Waals surface area (Å²) in [5.41, 5.74) is -1.20. The van der Waals surface area contributed by atoms with E-state index < -0.39 is 27.4 Å². The standard InChI is InChI=1S/C32H36ClN3O8S/c1-41-15-16-42-23-32-22-35(45(39,40)28-10-8-25-17-27(33)9-7-26(25)18-28)19-29(37)36(32)21-31(44-32)11-13-34(14-12-31)30(38)43-20-24-5-3-2-4-6-24/h2-10,17-18H,11-16,19-23H2,1H3. The van der Waals surface area contributed by atoms with E-state index in [0.717, 1.165) is 10.9 Å². The summed E-state index contributed by atoms with van der Waals surface area (Å²) in [4.78, 5) is 29.8. The quantitative estimate of drug-likeness (QED) is 0.319. The van der Waals surface area contributed by atoms with E-state index in [0.29, 0.717) is 42.9 Å². The monoisotopic (exact) mass is 657 g/mol. The number of sulfonamides is 1. The first kappa shape index (κ1) is 31.7. The molecule has 1 atom stereocenters. The van der Waals surface area contributed by atoms with Gasteiger partial charge in [-0.05, 0) is 53.4 Å². The molecule has 3 aromatic rings.